The summed E-state index contributed by atoms with van der Waals surface area (Å²) in [6.07, 6.45) is 0. The van der Waals surface area contributed by atoms with Gasteiger partial charge in [-0.3, -0.25) is 4.79 Å². The maximum absolute atomic E-state index is 12.7. The number of carbonyl (C=O) groups excluding carboxylic acids is 1. The van der Waals surface area contributed by atoms with Gasteiger partial charge in [-0.1, -0.05) is 12.1 Å². The highest BCUT2D eigenvalue weighted by atomic mass is 16.5. The third-order valence-electron chi connectivity index (χ3n) is 3.25. The Balaban J connectivity index is 2.53. The van der Waals surface area contributed by atoms with Crippen molar-refractivity contribution in [2.24, 2.45) is 0 Å². The van der Waals surface area contributed by atoms with E-state index in [1.165, 1.54) is 0 Å². The summed E-state index contributed by atoms with van der Waals surface area (Å²) in [6, 6.07) is 10.9. The molecule has 3 heteroatoms. The summed E-state index contributed by atoms with van der Waals surface area (Å²) >= 11 is 0. The lowest BCUT2D eigenvalue weighted by Gasteiger charge is -2.15. The summed E-state index contributed by atoms with van der Waals surface area (Å²) in [5, 5.41) is 0. The molecule has 0 heterocycles. The SMILES string of the molecule is CCOc1c(C)ccc(C)c1C(=O)c1ccc(N)cc1. The van der Waals surface area contributed by atoms with Crippen LogP contribution in [0.1, 0.15) is 34.0 Å². The third-order valence-corrected chi connectivity index (χ3v) is 3.25. The minimum Gasteiger partial charge on any atom is -0.493 e. The third kappa shape index (κ3) is 2.67. The average Bonchev–Trinajstić information content (AvgIpc) is 2.43. The van der Waals surface area contributed by atoms with Crippen LogP contribution in [0.5, 0.6) is 5.75 Å². The molecule has 0 saturated carbocycles. The average molecular weight is 269 g/mol. The van der Waals surface area contributed by atoms with E-state index in [1.54, 1.807) is 24.3 Å². The fourth-order valence-electron chi connectivity index (χ4n) is 2.18. The molecular formula is C17H19NO2. The minimum absolute atomic E-state index is 0.0327. The van der Waals surface area contributed by atoms with Crippen LogP contribution in [0.2, 0.25) is 0 Å². The minimum atomic E-state index is -0.0327. The Bertz CT molecular complexity index is 630. The van der Waals surface area contributed by atoms with Crippen molar-refractivity contribution in [2.75, 3.05) is 12.3 Å². The van der Waals surface area contributed by atoms with Gasteiger partial charge < -0.3 is 10.5 Å². The van der Waals surface area contributed by atoms with Gasteiger partial charge in [-0.05, 0) is 56.2 Å². The molecule has 2 aromatic carbocycles. The molecule has 2 aromatic rings. The summed E-state index contributed by atoms with van der Waals surface area (Å²) in [4.78, 5) is 12.7. The van der Waals surface area contributed by atoms with Crippen LogP contribution in [0.4, 0.5) is 5.69 Å². The van der Waals surface area contributed by atoms with Crippen molar-refractivity contribution in [1.29, 1.82) is 0 Å². The number of rotatable bonds is 4. The maximum atomic E-state index is 12.7. The van der Waals surface area contributed by atoms with Crippen molar-refractivity contribution in [2.45, 2.75) is 20.8 Å². The van der Waals surface area contributed by atoms with Gasteiger partial charge in [-0.15, -0.1) is 0 Å². The fraction of sp³-hybridized carbons (Fsp3) is 0.235. The predicted octanol–water partition coefficient (Wildman–Crippen LogP) is 3.52. The van der Waals surface area contributed by atoms with Crippen LogP contribution in [0, 0.1) is 13.8 Å². The van der Waals surface area contributed by atoms with Gasteiger partial charge in [-0.2, -0.15) is 0 Å². The Morgan fingerprint density at radius 1 is 1.05 bits per heavy atom. The second-order valence-electron chi connectivity index (χ2n) is 4.79. The van der Waals surface area contributed by atoms with Crippen molar-refractivity contribution in [1.82, 2.24) is 0 Å². The molecule has 0 fully saturated rings. The molecule has 0 aliphatic rings. The number of ether oxygens (including phenoxy) is 1. The molecule has 20 heavy (non-hydrogen) atoms. The number of carbonyl (C=O) groups is 1. The lowest BCUT2D eigenvalue weighted by Crippen LogP contribution is -2.09. The number of benzene rings is 2. The molecule has 104 valence electrons. The van der Waals surface area contributed by atoms with Gasteiger partial charge in [0.2, 0.25) is 0 Å². The molecule has 2 N–H and O–H groups in total. The Morgan fingerprint density at radius 3 is 2.25 bits per heavy atom. The van der Waals surface area contributed by atoms with Gasteiger partial charge in [0.25, 0.3) is 0 Å². The smallest absolute Gasteiger partial charge is 0.197 e. The molecule has 0 aromatic heterocycles. The van der Waals surface area contributed by atoms with Crippen LogP contribution < -0.4 is 10.5 Å². The van der Waals surface area contributed by atoms with Gasteiger partial charge in [0, 0.05) is 11.3 Å². The van der Waals surface area contributed by atoms with Gasteiger partial charge in [0.05, 0.1) is 12.2 Å². The highest BCUT2D eigenvalue weighted by molar-refractivity contribution is 6.12. The molecule has 0 amide bonds. The summed E-state index contributed by atoms with van der Waals surface area (Å²) in [7, 11) is 0. The lowest BCUT2D eigenvalue weighted by molar-refractivity contribution is 0.103. The number of anilines is 1. The van der Waals surface area contributed by atoms with Gasteiger partial charge in [0.1, 0.15) is 5.75 Å². The topological polar surface area (TPSA) is 52.3 Å². The van der Waals surface area contributed by atoms with E-state index in [4.69, 9.17) is 10.5 Å². The largest absolute Gasteiger partial charge is 0.493 e. The van der Waals surface area contributed by atoms with Crippen LogP contribution in [0.25, 0.3) is 0 Å². The number of nitrogens with two attached hydrogens (primary N) is 1. The van der Waals surface area contributed by atoms with Crippen LogP contribution in [-0.4, -0.2) is 12.4 Å². The van der Waals surface area contributed by atoms with Crippen LogP contribution in [0.3, 0.4) is 0 Å². The molecule has 0 spiro atoms. The second-order valence-corrected chi connectivity index (χ2v) is 4.79. The van der Waals surface area contributed by atoms with Gasteiger partial charge >= 0.3 is 0 Å². The second kappa shape index (κ2) is 5.78. The normalized spacial score (nSPS) is 10.3. The molecular weight excluding hydrogens is 250 g/mol. The van der Waals surface area contributed by atoms with Crippen molar-refractivity contribution in [3.05, 3.63) is 58.7 Å². The first kappa shape index (κ1) is 14.1. The molecule has 0 atom stereocenters. The molecule has 3 nitrogen and oxygen atoms in total. The number of hydrogen-bond acceptors (Lipinski definition) is 3. The van der Waals surface area contributed by atoms with Crippen LogP contribution >= 0.6 is 0 Å². The molecule has 0 radical (unpaired) electrons. The Hall–Kier alpha value is -2.29. The summed E-state index contributed by atoms with van der Waals surface area (Å²) in [5.74, 6) is 0.643. The van der Waals surface area contributed by atoms with E-state index in [0.29, 0.717) is 29.2 Å². The summed E-state index contributed by atoms with van der Waals surface area (Å²) in [6.45, 7) is 6.32. The zero-order chi connectivity index (χ0) is 14.7. The molecule has 0 unspecified atom stereocenters. The van der Waals surface area contributed by atoms with Crippen molar-refractivity contribution >= 4 is 11.5 Å². The quantitative estimate of drug-likeness (QED) is 0.682. The zero-order valence-corrected chi connectivity index (χ0v) is 12.1. The van der Waals surface area contributed by atoms with E-state index in [9.17, 15) is 4.79 Å². The van der Waals surface area contributed by atoms with E-state index >= 15 is 0 Å². The molecule has 2 rings (SSSR count). The van der Waals surface area contributed by atoms with E-state index < -0.39 is 0 Å². The number of aryl methyl sites for hydroxylation is 2. The van der Waals surface area contributed by atoms with Crippen LogP contribution in [-0.2, 0) is 0 Å². The Labute approximate surface area is 119 Å². The van der Waals surface area contributed by atoms with Gasteiger partial charge in [-0.25, -0.2) is 0 Å². The molecule has 0 aliphatic heterocycles. The highest BCUT2D eigenvalue weighted by Gasteiger charge is 2.19. The maximum Gasteiger partial charge on any atom is 0.197 e. The number of hydrogen-bond donors (Lipinski definition) is 1. The molecule has 0 saturated heterocycles. The highest BCUT2D eigenvalue weighted by Crippen LogP contribution is 2.29. The molecule has 0 bridgehead atoms. The number of nitrogen functional groups attached to an aromatic ring is 1. The first-order valence-electron chi connectivity index (χ1n) is 6.67. The van der Waals surface area contributed by atoms with E-state index in [2.05, 4.69) is 0 Å². The number of ketones is 1. The first-order valence-corrected chi connectivity index (χ1v) is 6.67. The fourth-order valence-corrected chi connectivity index (χ4v) is 2.18. The Kier molecular flexibility index (Phi) is 4.08. The monoisotopic (exact) mass is 269 g/mol. The van der Waals surface area contributed by atoms with E-state index in [-0.39, 0.29) is 5.78 Å². The van der Waals surface area contributed by atoms with Gasteiger partial charge in [0.15, 0.2) is 5.78 Å². The predicted molar refractivity (Wildman–Crippen MR) is 81.4 cm³/mol. The Morgan fingerprint density at radius 2 is 1.65 bits per heavy atom. The lowest BCUT2D eigenvalue weighted by atomic mass is 9.96. The first-order chi connectivity index (χ1) is 9.54. The van der Waals surface area contributed by atoms with Crippen molar-refractivity contribution in [3.63, 3.8) is 0 Å². The summed E-state index contributed by atoms with van der Waals surface area (Å²) < 4.78 is 5.67. The summed E-state index contributed by atoms with van der Waals surface area (Å²) in [5.41, 5.74) is 9.45. The molecule has 0 aliphatic carbocycles. The van der Waals surface area contributed by atoms with Crippen LogP contribution in [0.15, 0.2) is 36.4 Å². The zero-order valence-electron chi connectivity index (χ0n) is 12.1. The standard InChI is InChI=1S/C17H19NO2/c1-4-20-17-12(3)6-5-11(2)15(17)16(19)13-7-9-14(18)10-8-13/h5-10H,4,18H2,1-3H3. The van der Waals surface area contributed by atoms with E-state index in [1.807, 2.05) is 32.9 Å². The van der Waals surface area contributed by atoms with Crippen molar-refractivity contribution in [3.8, 4) is 5.75 Å². The van der Waals surface area contributed by atoms with E-state index in [0.717, 1.165) is 11.1 Å². The van der Waals surface area contributed by atoms with Crippen molar-refractivity contribution < 1.29 is 9.53 Å².